The first-order valence-electron chi connectivity index (χ1n) is 9.05. The van der Waals surface area contributed by atoms with E-state index in [-0.39, 0.29) is 11.1 Å². The normalized spacial score (nSPS) is 12.0. The molecule has 0 fully saturated rings. The molecular weight excluding hydrogens is 417 g/mol. The highest BCUT2D eigenvalue weighted by Crippen LogP contribution is 2.31. The van der Waals surface area contributed by atoms with Crippen molar-refractivity contribution in [2.45, 2.75) is 32.4 Å². The Kier molecular flexibility index (Phi) is 5.81. The van der Waals surface area contributed by atoms with Crippen molar-refractivity contribution in [2.24, 2.45) is 0 Å². The van der Waals surface area contributed by atoms with Crippen molar-refractivity contribution in [2.75, 3.05) is 10.6 Å². The van der Waals surface area contributed by atoms with Crippen LogP contribution in [0.25, 0.3) is 5.69 Å². The second-order valence-electron chi connectivity index (χ2n) is 7.71. The molecule has 0 atom stereocenters. The minimum absolute atomic E-state index is 0.0240. The van der Waals surface area contributed by atoms with Gasteiger partial charge in [-0.3, -0.25) is 5.32 Å². The molecule has 2 aromatic carbocycles. The lowest BCUT2D eigenvalue weighted by atomic mass is 9.92. The topological polar surface area (TPSA) is 59.0 Å². The lowest BCUT2D eigenvalue weighted by Crippen LogP contribution is -2.21. The van der Waals surface area contributed by atoms with E-state index >= 15 is 0 Å². The van der Waals surface area contributed by atoms with Gasteiger partial charge in [-0.2, -0.15) is 18.3 Å². The second kappa shape index (κ2) is 8.02. The van der Waals surface area contributed by atoms with Gasteiger partial charge in [0.05, 0.1) is 16.9 Å². The number of carbonyl (C=O) groups is 1. The summed E-state index contributed by atoms with van der Waals surface area (Å²) in [5.41, 5.74) is 0.291. The summed E-state index contributed by atoms with van der Waals surface area (Å²) in [6.45, 7) is 5.94. The molecule has 30 heavy (non-hydrogen) atoms. The van der Waals surface area contributed by atoms with Gasteiger partial charge in [0, 0.05) is 22.2 Å². The number of nitrogens with zero attached hydrogens (tertiary/aromatic N) is 2. The quantitative estimate of drug-likeness (QED) is 0.493. The van der Waals surface area contributed by atoms with Gasteiger partial charge in [0.2, 0.25) is 0 Å². The van der Waals surface area contributed by atoms with E-state index in [1.807, 2.05) is 20.8 Å². The number of aromatic nitrogens is 2. The minimum atomic E-state index is -4.50. The maximum absolute atomic E-state index is 12.9. The van der Waals surface area contributed by atoms with E-state index in [0.29, 0.717) is 16.5 Å². The maximum atomic E-state index is 12.9. The molecule has 0 unspecified atom stereocenters. The van der Waals surface area contributed by atoms with Gasteiger partial charge in [0.25, 0.3) is 0 Å². The van der Waals surface area contributed by atoms with Gasteiger partial charge in [0.1, 0.15) is 5.82 Å². The van der Waals surface area contributed by atoms with Crippen LogP contribution in [0.4, 0.5) is 29.5 Å². The molecule has 9 heteroatoms. The minimum Gasteiger partial charge on any atom is -0.308 e. The van der Waals surface area contributed by atoms with Crippen LogP contribution in [0.3, 0.4) is 0 Å². The van der Waals surface area contributed by atoms with Gasteiger partial charge in [-0.1, -0.05) is 38.4 Å². The SMILES string of the molecule is CC(C)(C)c1cc(NC(=O)Nc2cccc(C(F)(F)F)c2)n(-c2ccc(Cl)cc2)n1. The predicted octanol–water partition coefficient (Wildman–Crippen LogP) is 6.49. The van der Waals surface area contributed by atoms with Crippen molar-refractivity contribution in [1.29, 1.82) is 0 Å². The Bertz CT molecular complexity index is 1050. The third-order valence-electron chi connectivity index (χ3n) is 4.24. The van der Waals surface area contributed by atoms with E-state index in [4.69, 9.17) is 11.6 Å². The molecule has 1 heterocycles. The van der Waals surface area contributed by atoms with Crippen molar-refractivity contribution in [3.63, 3.8) is 0 Å². The van der Waals surface area contributed by atoms with Crippen LogP contribution in [0, 0.1) is 0 Å². The Hall–Kier alpha value is -3.00. The first kappa shape index (κ1) is 21.7. The number of halogens is 4. The molecule has 2 N–H and O–H groups in total. The molecular formula is C21H20ClF3N4O. The summed E-state index contributed by atoms with van der Waals surface area (Å²) in [5.74, 6) is 0.367. The Morgan fingerprint density at radius 3 is 2.27 bits per heavy atom. The van der Waals surface area contributed by atoms with Crippen LogP contribution in [0.15, 0.2) is 54.6 Å². The van der Waals surface area contributed by atoms with E-state index in [0.717, 1.165) is 17.8 Å². The molecule has 158 valence electrons. The third-order valence-corrected chi connectivity index (χ3v) is 4.49. The van der Waals surface area contributed by atoms with Gasteiger partial charge in [-0.25, -0.2) is 9.48 Å². The largest absolute Gasteiger partial charge is 0.416 e. The number of alkyl halides is 3. The standard InChI is InChI=1S/C21H20ClF3N4O/c1-20(2,3)17-12-18(29(28-17)16-9-7-14(22)8-10-16)27-19(30)26-15-6-4-5-13(11-15)21(23,24)25/h4-12H,1-3H3,(H2,26,27,30). The van der Waals surface area contributed by atoms with E-state index < -0.39 is 17.8 Å². The zero-order chi connectivity index (χ0) is 22.1. The number of amides is 2. The number of nitrogens with one attached hydrogen (secondary N) is 2. The summed E-state index contributed by atoms with van der Waals surface area (Å²) in [6, 6.07) is 12.3. The van der Waals surface area contributed by atoms with E-state index in [1.54, 1.807) is 35.0 Å². The van der Waals surface area contributed by atoms with Crippen molar-refractivity contribution >= 4 is 29.1 Å². The summed E-state index contributed by atoms with van der Waals surface area (Å²) < 4.78 is 40.2. The first-order chi connectivity index (χ1) is 13.9. The van der Waals surface area contributed by atoms with E-state index in [9.17, 15) is 18.0 Å². The van der Waals surface area contributed by atoms with Crippen molar-refractivity contribution in [1.82, 2.24) is 9.78 Å². The number of urea groups is 1. The number of rotatable bonds is 3. The zero-order valence-electron chi connectivity index (χ0n) is 16.5. The molecule has 0 saturated carbocycles. The summed E-state index contributed by atoms with van der Waals surface area (Å²) >= 11 is 5.95. The van der Waals surface area contributed by atoms with Gasteiger partial charge in [-0.15, -0.1) is 0 Å². The molecule has 0 saturated heterocycles. The fourth-order valence-corrected chi connectivity index (χ4v) is 2.79. The molecule has 0 radical (unpaired) electrons. The molecule has 0 aliphatic rings. The Balaban J connectivity index is 1.87. The number of carbonyl (C=O) groups excluding carboxylic acids is 1. The van der Waals surface area contributed by atoms with Crippen LogP contribution < -0.4 is 10.6 Å². The number of benzene rings is 2. The predicted molar refractivity (Wildman–Crippen MR) is 111 cm³/mol. The monoisotopic (exact) mass is 436 g/mol. The lowest BCUT2D eigenvalue weighted by Gasteiger charge is -2.14. The van der Waals surface area contributed by atoms with Crippen molar-refractivity contribution in [3.8, 4) is 5.69 Å². The van der Waals surface area contributed by atoms with Crippen LogP contribution in [0.1, 0.15) is 32.0 Å². The van der Waals surface area contributed by atoms with Crippen molar-refractivity contribution in [3.05, 3.63) is 70.9 Å². The smallest absolute Gasteiger partial charge is 0.308 e. The summed E-state index contributed by atoms with van der Waals surface area (Å²) in [4.78, 5) is 12.5. The highest BCUT2D eigenvalue weighted by Gasteiger charge is 2.30. The van der Waals surface area contributed by atoms with Crippen LogP contribution >= 0.6 is 11.6 Å². The molecule has 1 aromatic heterocycles. The number of hydrogen-bond donors (Lipinski definition) is 2. The average molecular weight is 437 g/mol. The summed E-state index contributed by atoms with van der Waals surface area (Å²) in [5, 5.41) is 10.2. The molecule has 0 aliphatic heterocycles. The fourth-order valence-electron chi connectivity index (χ4n) is 2.67. The summed E-state index contributed by atoms with van der Waals surface area (Å²) in [6.07, 6.45) is -4.50. The van der Waals surface area contributed by atoms with E-state index in [1.165, 1.54) is 12.1 Å². The first-order valence-corrected chi connectivity index (χ1v) is 9.43. The maximum Gasteiger partial charge on any atom is 0.416 e. The zero-order valence-corrected chi connectivity index (χ0v) is 17.3. The Labute approximate surface area is 176 Å². The second-order valence-corrected chi connectivity index (χ2v) is 8.15. The third kappa shape index (κ3) is 5.13. The number of hydrogen-bond acceptors (Lipinski definition) is 2. The fraction of sp³-hybridized carbons (Fsp3) is 0.238. The molecule has 3 aromatic rings. The Morgan fingerprint density at radius 2 is 1.67 bits per heavy atom. The lowest BCUT2D eigenvalue weighted by molar-refractivity contribution is -0.137. The molecule has 2 amide bonds. The highest BCUT2D eigenvalue weighted by atomic mass is 35.5. The highest BCUT2D eigenvalue weighted by molar-refractivity contribution is 6.30. The summed E-state index contributed by atoms with van der Waals surface area (Å²) in [7, 11) is 0. The average Bonchev–Trinajstić information content (AvgIpc) is 3.06. The van der Waals surface area contributed by atoms with Gasteiger partial charge < -0.3 is 5.32 Å². The van der Waals surface area contributed by atoms with Crippen molar-refractivity contribution < 1.29 is 18.0 Å². The van der Waals surface area contributed by atoms with Crippen LogP contribution in [-0.2, 0) is 11.6 Å². The van der Waals surface area contributed by atoms with Crippen LogP contribution in [0.2, 0.25) is 5.02 Å². The van der Waals surface area contributed by atoms with Crippen LogP contribution in [-0.4, -0.2) is 15.8 Å². The molecule has 0 aliphatic carbocycles. The molecule has 0 bridgehead atoms. The molecule has 3 rings (SSSR count). The molecule has 0 spiro atoms. The number of anilines is 2. The Morgan fingerprint density at radius 1 is 1.00 bits per heavy atom. The van der Waals surface area contributed by atoms with Gasteiger partial charge >= 0.3 is 12.2 Å². The van der Waals surface area contributed by atoms with Crippen LogP contribution in [0.5, 0.6) is 0 Å². The van der Waals surface area contributed by atoms with E-state index in [2.05, 4.69) is 15.7 Å². The van der Waals surface area contributed by atoms with Gasteiger partial charge in [-0.05, 0) is 42.5 Å². The molecule has 5 nitrogen and oxygen atoms in total. The van der Waals surface area contributed by atoms with Gasteiger partial charge in [0.15, 0.2) is 0 Å².